The van der Waals surface area contributed by atoms with Crippen LogP contribution in [0.25, 0.3) is 0 Å². The number of piperidine rings is 1. The highest BCUT2D eigenvalue weighted by Crippen LogP contribution is 2.19. The predicted octanol–water partition coefficient (Wildman–Crippen LogP) is 0.550. The highest BCUT2D eigenvalue weighted by Gasteiger charge is 2.27. The first kappa shape index (κ1) is 10.4. The highest BCUT2D eigenvalue weighted by molar-refractivity contribution is 4.89. The van der Waals surface area contributed by atoms with E-state index in [4.69, 9.17) is 5.73 Å². The van der Waals surface area contributed by atoms with E-state index >= 15 is 0 Å². The lowest BCUT2D eigenvalue weighted by Crippen LogP contribution is -2.49. The number of nitrogens with two attached hydrogens (primary N) is 1. The zero-order chi connectivity index (χ0) is 9.97. The lowest BCUT2D eigenvalue weighted by atomic mass is 10.0. The van der Waals surface area contributed by atoms with Crippen molar-refractivity contribution in [2.24, 2.45) is 5.73 Å². The van der Waals surface area contributed by atoms with E-state index in [1.54, 1.807) is 0 Å². The van der Waals surface area contributed by atoms with Crippen LogP contribution < -0.4 is 11.1 Å². The highest BCUT2D eigenvalue weighted by atomic mass is 15.1. The van der Waals surface area contributed by atoms with Crippen LogP contribution in [-0.2, 0) is 0 Å². The van der Waals surface area contributed by atoms with Crippen molar-refractivity contribution in [1.82, 2.24) is 10.2 Å². The van der Waals surface area contributed by atoms with Crippen molar-refractivity contribution >= 4 is 0 Å². The lowest BCUT2D eigenvalue weighted by Gasteiger charge is -2.32. The summed E-state index contributed by atoms with van der Waals surface area (Å²) in [6.45, 7) is 2.47. The van der Waals surface area contributed by atoms with Gasteiger partial charge in [0.1, 0.15) is 0 Å². The number of likely N-dealkylation sites (tertiary alicyclic amines) is 1. The maximum absolute atomic E-state index is 6.05. The fourth-order valence-corrected chi connectivity index (χ4v) is 2.67. The Hall–Kier alpha value is -0.120. The van der Waals surface area contributed by atoms with Crippen molar-refractivity contribution in [2.45, 2.75) is 50.2 Å². The van der Waals surface area contributed by atoms with Crippen LogP contribution in [0.15, 0.2) is 0 Å². The molecule has 0 aromatic carbocycles. The second kappa shape index (κ2) is 4.60. The molecule has 14 heavy (non-hydrogen) atoms. The van der Waals surface area contributed by atoms with Gasteiger partial charge < -0.3 is 16.0 Å². The maximum Gasteiger partial charge on any atom is 0.0221 e. The van der Waals surface area contributed by atoms with Crippen LogP contribution in [0.1, 0.15) is 32.1 Å². The summed E-state index contributed by atoms with van der Waals surface area (Å²) in [6, 6.07) is 1.73. The SMILES string of the molecule is CN1CCC(N[C@H]2CCC[C@H]2N)CC1. The Morgan fingerprint density at radius 2 is 1.86 bits per heavy atom. The molecule has 1 aliphatic heterocycles. The summed E-state index contributed by atoms with van der Waals surface area (Å²) < 4.78 is 0. The van der Waals surface area contributed by atoms with Gasteiger partial charge in [-0.05, 0) is 45.8 Å². The summed E-state index contributed by atoms with van der Waals surface area (Å²) in [4.78, 5) is 2.41. The number of nitrogens with one attached hydrogen (secondary N) is 1. The van der Waals surface area contributed by atoms with Gasteiger partial charge in [-0.1, -0.05) is 6.42 Å². The molecule has 0 aromatic heterocycles. The van der Waals surface area contributed by atoms with Crippen molar-refractivity contribution in [3.8, 4) is 0 Å². The van der Waals surface area contributed by atoms with Gasteiger partial charge >= 0.3 is 0 Å². The first-order valence-corrected chi connectivity index (χ1v) is 5.96. The van der Waals surface area contributed by atoms with Crippen LogP contribution in [-0.4, -0.2) is 43.2 Å². The molecule has 0 aromatic rings. The summed E-state index contributed by atoms with van der Waals surface area (Å²) in [5.74, 6) is 0. The average molecular weight is 197 g/mol. The molecule has 0 spiro atoms. The third kappa shape index (κ3) is 2.47. The maximum atomic E-state index is 6.05. The van der Waals surface area contributed by atoms with Crippen LogP contribution in [0.3, 0.4) is 0 Å². The smallest absolute Gasteiger partial charge is 0.0221 e. The molecule has 3 N–H and O–H groups in total. The number of hydrogen-bond donors (Lipinski definition) is 2. The van der Waals surface area contributed by atoms with E-state index in [9.17, 15) is 0 Å². The summed E-state index contributed by atoms with van der Waals surface area (Å²) in [6.07, 6.45) is 6.39. The molecule has 2 fully saturated rings. The van der Waals surface area contributed by atoms with Crippen molar-refractivity contribution in [3.05, 3.63) is 0 Å². The van der Waals surface area contributed by atoms with Gasteiger partial charge in [-0.15, -0.1) is 0 Å². The normalized spacial score (nSPS) is 36.4. The minimum Gasteiger partial charge on any atom is -0.326 e. The zero-order valence-corrected chi connectivity index (χ0v) is 9.21. The molecule has 1 saturated carbocycles. The third-order valence-electron chi connectivity index (χ3n) is 3.74. The van der Waals surface area contributed by atoms with Crippen LogP contribution in [0.2, 0.25) is 0 Å². The summed E-state index contributed by atoms with van der Waals surface area (Å²) >= 11 is 0. The Morgan fingerprint density at radius 1 is 1.14 bits per heavy atom. The van der Waals surface area contributed by atoms with E-state index in [1.165, 1.54) is 45.2 Å². The molecule has 0 radical (unpaired) electrons. The molecule has 1 heterocycles. The monoisotopic (exact) mass is 197 g/mol. The summed E-state index contributed by atoms with van der Waals surface area (Å²) in [5.41, 5.74) is 6.05. The molecule has 2 aliphatic rings. The van der Waals surface area contributed by atoms with Crippen LogP contribution in [0.5, 0.6) is 0 Å². The fraction of sp³-hybridized carbons (Fsp3) is 1.00. The molecular formula is C11H23N3. The number of hydrogen-bond acceptors (Lipinski definition) is 3. The predicted molar refractivity (Wildman–Crippen MR) is 59.3 cm³/mol. The zero-order valence-electron chi connectivity index (χ0n) is 9.21. The van der Waals surface area contributed by atoms with Gasteiger partial charge in [-0.3, -0.25) is 0 Å². The minimum atomic E-state index is 0.412. The van der Waals surface area contributed by atoms with Gasteiger partial charge in [0.05, 0.1) is 0 Å². The van der Waals surface area contributed by atoms with Crippen molar-refractivity contribution in [3.63, 3.8) is 0 Å². The van der Waals surface area contributed by atoms with Crippen molar-refractivity contribution < 1.29 is 0 Å². The van der Waals surface area contributed by atoms with Gasteiger partial charge in [0.2, 0.25) is 0 Å². The van der Waals surface area contributed by atoms with Crippen LogP contribution in [0.4, 0.5) is 0 Å². The van der Waals surface area contributed by atoms with Gasteiger partial charge in [0.25, 0.3) is 0 Å². The first-order valence-electron chi connectivity index (χ1n) is 5.96. The molecule has 2 rings (SSSR count). The topological polar surface area (TPSA) is 41.3 Å². The van der Waals surface area contributed by atoms with E-state index in [0.717, 1.165) is 6.04 Å². The molecule has 0 unspecified atom stereocenters. The molecule has 3 heteroatoms. The van der Waals surface area contributed by atoms with Gasteiger partial charge in [0.15, 0.2) is 0 Å². The summed E-state index contributed by atoms with van der Waals surface area (Å²) in [5, 5.41) is 3.74. The Morgan fingerprint density at radius 3 is 2.43 bits per heavy atom. The largest absolute Gasteiger partial charge is 0.326 e. The molecule has 2 atom stereocenters. The van der Waals surface area contributed by atoms with Crippen molar-refractivity contribution in [2.75, 3.05) is 20.1 Å². The fourth-order valence-electron chi connectivity index (χ4n) is 2.67. The number of nitrogens with zero attached hydrogens (tertiary/aromatic N) is 1. The van der Waals surface area contributed by atoms with Crippen LogP contribution >= 0.6 is 0 Å². The second-order valence-electron chi connectivity index (χ2n) is 4.95. The minimum absolute atomic E-state index is 0.412. The lowest BCUT2D eigenvalue weighted by molar-refractivity contribution is 0.221. The third-order valence-corrected chi connectivity index (χ3v) is 3.74. The number of rotatable bonds is 2. The van der Waals surface area contributed by atoms with E-state index in [0.29, 0.717) is 12.1 Å². The Bertz CT molecular complexity index is 175. The molecule has 0 bridgehead atoms. The standard InChI is InChI=1S/C11H23N3/c1-14-7-5-9(6-8-14)13-11-4-2-3-10(11)12/h9-11,13H,2-8,12H2,1H3/t10-,11+/m1/s1. The van der Waals surface area contributed by atoms with Gasteiger partial charge in [-0.2, -0.15) is 0 Å². The molecular weight excluding hydrogens is 174 g/mol. The van der Waals surface area contributed by atoms with E-state index in [-0.39, 0.29) is 0 Å². The molecule has 0 amide bonds. The van der Waals surface area contributed by atoms with Crippen LogP contribution in [0, 0.1) is 0 Å². The molecule has 1 saturated heterocycles. The van der Waals surface area contributed by atoms with Crippen molar-refractivity contribution in [1.29, 1.82) is 0 Å². The second-order valence-corrected chi connectivity index (χ2v) is 4.95. The van der Waals surface area contributed by atoms with E-state index in [1.807, 2.05) is 0 Å². The Labute approximate surface area is 87.0 Å². The average Bonchev–Trinajstić information content (AvgIpc) is 2.56. The molecule has 3 nitrogen and oxygen atoms in total. The molecule has 82 valence electrons. The quantitative estimate of drug-likeness (QED) is 0.679. The van der Waals surface area contributed by atoms with E-state index in [2.05, 4.69) is 17.3 Å². The Kier molecular flexibility index (Phi) is 3.42. The van der Waals surface area contributed by atoms with Gasteiger partial charge in [0, 0.05) is 18.1 Å². The van der Waals surface area contributed by atoms with E-state index < -0.39 is 0 Å². The molecule has 1 aliphatic carbocycles. The van der Waals surface area contributed by atoms with Gasteiger partial charge in [-0.25, -0.2) is 0 Å². The summed E-state index contributed by atoms with van der Waals surface area (Å²) in [7, 11) is 2.21. The first-order chi connectivity index (χ1) is 6.75. The Balaban J connectivity index is 1.74.